The molecule has 1 heterocycles. The summed E-state index contributed by atoms with van der Waals surface area (Å²) < 4.78 is 50.7. The monoisotopic (exact) mass is 314 g/mol. The van der Waals surface area contributed by atoms with Crippen molar-refractivity contribution in [2.24, 2.45) is 0 Å². The van der Waals surface area contributed by atoms with Gasteiger partial charge in [-0.2, -0.15) is 13.2 Å². The summed E-state index contributed by atoms with van der Waals surface area (Å²) in [6, 6.07) is 3.76. The van der Waals surface area contributed by atoms with E-state index in [-0.39, 0.29) is 5.92 Å². The molecule has 1 aromatic rings. The molecule has 1 aliphatic heterocycles. The smallest absolute Gasteiger partial charge is 0.399 e. The molecule has 0 spiro atoms. The maximum absolute atomic E-state index is 12.9. The number of hydrogen-bond acceptors (Lipinski definition) is 2. The SMILES string of the molecule is CC(C)c1cc(C(F)(F)F)ccc1B1OC(C)(C)C(C)(C)O1. The minimum atomic E-state index is -4.35. The molecule has 2 nitrogen and oxygen atoms in total. The molecule has 6 heteroatoms. The summed E-state index contributed by atoms with van der Waals surface area (Å²) in [5.41, 5.74) is -0.407. The Kier molecular flexibility index (Phi) is 4.16. The van der Waals surface area contributed by atoms with E-state index in [0.29, 0.717) is 11.0 Å². The molecule has 0 amide bonds. The molecule has 1 aliphatic rings. The summed E-state index contributed by atoms with van der Waals surface area (Å²) in [6.45, 7) is 11.4. The van der Waals surface area contributed by atoms with Crippen molar-refractivity contribution in [3.63, 3.8) is 0 Å². The molecule has 0 aliphatic carbocycles. The van der Waals surface area contributed by atoms with Crippen LogP contribution in [0.2, 0.25) is 0 Å². The van der Waals surface area contributed by atoms with Gasteiger partial charge in [-0.1, -0.05) is 26.0 Å². The van der Waals surface area contributed by atoms with Crippen molar-refractivity contribution in [2.45, 2.75) is 64.8 Å². The van der Waals surface area contributed by atoms with Crippen molar-refractivity contribution >= 4 is 12.6 Å². The average molecular weight is 314 g/mol. The highest BCUT2D eigenvalue weighted by Crippen LogP contribution is 2.37. The Labute approximate surface area is 130 Å². The van der Waals surface area contributed by atoms with Crippen LogP contribution in [-0.4, -0.2) is 18.3 Å². The van der Waals surface area contributed by atoms with E-state index >= 15 is 0 Å². The Hall–Kier alpha value is -1.01. The standard InChI is InChI=1S/C16H22BF3O2/c1-10(2)12-9-11(16(18,19)20)7-8-13(12)17-21-14(3,4)15(5,6)22-17/h7-10H,1-6H3. The Morgan fingerprint density at radius 1 is 1.00 bits per heavy atom. The maximum atomic E-state index is 12.9. The van der Waals surface area contributed by atoms with Gasteiger partial charge in [-0.25, -0.2) is 0 Å². The Bertz CT molecular complexity index is 549. The van der Waals surface area contributed by atoms with Gasteiger partial charge in [-0.05, 0) is 50.7 Å². The average Bonchev–Trinajstić information content (AvgIpc) is 2.56. The van der Waals surface area contributed by atoms with E-state index < -0.39 is 30.1 Å². The zero-order valence-electron chi connectivity index (χ0n) is 13.8. The number of benzene rings is 1. The van der Waals surface area contributed by atoms with Gasteiger partial charge < -0.3 is 9.31 Å². The lowest BCUT2D eigenvalue weighted by Crippen LogP contribution is -2.41. The highest BCUT2D eigenvalue weighted by Gasteiger charge is 2.52. The number of alkyl halides is 3. The molecule has 0 saturated carbocycles. The summed E-state index contributed by atoms with van der Waals surface area (Å²) >= 11 is 0. The zero-order valence-corrected chi connectivity index (χ0v) is 13.8. The van der Waals surface area contributed by atoms with E-state index in [2.05, 4.69) is 0 Å². The number of rotatable bonds is 2. The first-order chi connectivity index (χ1) is 9.85. The van der Waals surface area contributed by atoms with Crippen LogP contribution in [0.25, 0.3) is 0 Å². The van der Waals surface area contributed by atoms with Crippen molar-refractivity contribution in [1.29, 1.82) is 0 Å². The van der Waals surface area contributed by atoms with Gasteiger partial charge in [0.15, 0.2) is 0 Å². The van der Waals surface area contributed by atoms with Crippen LogP contribution >= 0.6 is 0 Å². The fraction of sp³-hybridized carbons (Fsp3) is 0.625. The second-order valence-electron chi connectivity index (χ2n) is 7.08. The van der Waals surface area contributed by atoms with Crippen LogP contribution in [0, 0.1) is 0 Å². The molecule has 0 unspecified atom stereocenters. The van der Waals surface area contributed by atoms with Gasteiger partial charge >= 0.3 is 13.3 Å². The lowest BCUT2D eigenvalue weighted by Gasteiger charge is -2.32. The highest BCUT2D eigenvalue weighted by molar-refractivity contribution is 6.62. The minimum Gasteiger partial charge on any atom is -0.399 e. The Balaban J connectivity index is 2.45. The van der Waals surface area contributed by atoms with E-state index in [1.54, 1.807) is 0 Å². The van der Waals surface area contributed by atoms with Crippen molar-refractivity contribution in [3.05, 3.63) is 29.3 Å². The van der Waals surface area contributed by atoms with Crippen molar-refractivity contribution in [3.8, 4) is 0 Å². The van der Waals surface area contributed by atoms with Gasteiger partial charge in [-0.3, -0.25) is 0 Å². The molecule has 2 rings (SSSR count). The normalized spacial score (nSPS) is 20.7. The summed E-state index contributed by atoms with van der Waals surface area (Å²) in [6.07, 6.45) is -4.35. The van der Waals surface area contributed by atoms with Crippen molar-refractivity contribution < 1.29 is 22.5 Å². The Morgan fingerprint density at radius 2 is 1.50 bits per heavy atom. The van der Waals surface area contributed by atoms with E-state index in [9.17, 15) is 13.2 Å². The van der Waals surface area contributed by atoms with Crippen LogP contribution < -0.4 is 5.46 Å². The third kappa shape index (κ3) is 3.04. The van der Waals surface area contributed by atoms with Gasteiger partial charge in [0.2, 0.25) is 0 Å². The lowest BCUT2D eigenvalue weighted by atomic mass is 9.73. The molecule has 1 saturated heterocycles. The topological polar surface area (TPSA) is 18.5 Å². The quantitative estimate of drug-likeness (QED) is 0.764. The van der Waals surface area contributed by atoms with E-state index in [1.807, 2.05) is 41.5 Å². The zero-order chi connectivity index (χ0) is 16.9. The summed E-state index contributed by atoms with van der Waals surface area (Å²) in [5, 5.41) is 0. The molecule has 122 valence electrons. The van der Waals surface area contributed by atoms with Gasteiger partial charge in [0.1, 0.15) is 0 Å². The molecular formula is C16H22BF3O2. The van der Waals surface area contributed by atoms with E-state index in [0.717, 1.165) is 6.07 Å². The lowest BCUT2D eigenvalue weighted by molar-refractivity contribution is -0.137. The summed E-state index contributed by atoms with van der Waals surface area (Å²) in [4.78, 5) is 0. The maximum Gasteiger partial charge on any atom is 0.495 e. The van der Waals surface area contributed by atoms with Gasteiger partial charge in [0.05, 0.1) is 16.8 Å². The van der Waals surface area contributed by atoms with Crippen LogP contribution in [0.15, 0.2) is 18.2 Å². The fourth-order valence-electron chi connectivity index (χ4n) is 2.44. The van der Waals surface area contributed by atoms with E-state index in [1.165, 1.54) is 12.1 Å². The van der Waals surface area contributed by atoms with Crippen LogP contribution in [0.3, 0.4) is 0 Å². The number of hydrogen-bond donors (Lipinski definition) is 0. The van der Waals surface area contributed by atoms with Gasteiger partial charge in [-0.15, -0.1) is 0 Å². The Morgan fingerprint density at radius 3 is 1.91 bits per heavy atom. The highest BCUT2D eigenvalue weighted by atomic mass is 19.4. The third-order valence-electron chi connectivity index (χ3n) is 4.54. The first-order valence-corrected chi connectivity index (χ1v) is 7.42. The number of halogens is 3. The molecule has 1 fully saturated rings. The third-order valence-corrected chi connectivity index (χ3v) is 4.54. The predicted octanol–water partition coefficient (Wildman–Crippen LogP) is 4.13. The van der Waals surface area contributed by atoms with Crippen LogP contribution in [0.4, 0.5) is 13.2 Å². The largest absolute Gasteiger partial charge is 0.495 e. The molecular weight excluding hydrogens is 292 g/mol. The molecule has 0 radical (unpaired) electrons. The van der Waals surface area contributed by atoms with E-state index in [4.69, 9.17) is 9.31 Å². The molecule has 1 aromatic carbocycles. The summed E-state index contributed by atoms with van der Waals surface area (Å²) in [7, 11) is -0.648. The summed E-state index contributed by atoms with van der Waals surface area (Å²) in [5.74, 6) is -0.0590. The second kappa shape index (κ2) is 5.27. The van der Waals surface area contributed by atoms with Crippen molar-refractivity contribution in [1.82, 2.24) is 0 Å². The first kappa shape index (κ1) is 17.4. The first-order valence-electron chi connectivity index (χ1n) is 7.42. The van der Waals surface area contributed by atoms with Crippen LogP contribution in [0.5, 0.6) is 0 Å². The van der Waals surface area contributed by atoms with Crippen molar-refractivity contribution in [2.75, 3.05) is 0 Å². The molecule has 0 aromatic heterocycles. The molecule has 0 N–H and O–H groups in total. The predicted molar refractivity (Wildman–Crippen MR) is 81.2 cm³/mol. The molecule has 0 atom stereocenters. The molecule has 0 bridgehead atoms. The minimum absolute atomic E-state index is 0.0590. The van der Waals surface area contributed by atoms with Gasteiger partial charge in [0, 0.05) is 0 Å². The van der Waals surface area contributed by atoms with Crippen LogP contribution in [0.1, 0.15) is 58.6 Å². The molecule has 22 heavy (non-hydrogen) atoms. The van der Waals surface area contributed by atoms with Gasteiger partial charge in [0.25, 0.3) is 0 Å². The van der Waals surface area contributed by atoms with Crippen LogP contribution in [-0.2, 0) is 15.5 Å². The second-order valence-corrected chi connectivity index (χ2v) is 7.08. The fourth-order valence-corrected chi connectivity index (χ4v) is 2.44.